The van der Waals surface area contributed by atoms with Crippen molar-refractivity contribution in [2.24, 2.45) is 0 Å². The zero-order chi connectivity index (χ0) is 13.4. The molecule has 0 radical (unpaired) electrons. The summed E-state index contributed by atoms with van der Waals surface area (Å²) < 4.78 is 1.94. The number of hydrogen-bond donors (Lipinski definition) is 1. The number of aryl methyl sites for hydroxylation is 1. The summed E-state index contributed by atoms with van der Waals surface area (Å²) in [5.41, 5.74) is 3.17. The zero-order valence-electron chi connectivity index (χ0n) is 10.4. The van der Waals surface area contributed by atoms with Gasteiger partial charge in [0.15, 0.2) is 0 Å². The fourth-order valence-electron chi connectivity index (χ4n) is 2.16. The third kappa shape index (κ3) is 1.97. The van der Waals surface area contributed by atoms with Crippen LogP contribution in [0.1, 0.15) is 15.9 Å². The van der Waals surface area contributed by atoms with Crippen LogP contribution in [0.25, 0.3) is 16.6 Å². The number of fused-ring (bicyclic) bond motifs is 1. The maximum Gasteiger partial charge on any atom is 0.337 e. The minimum Gasteiger partial charge on any atom is -0.478 e. The summed E-state index contributed by atoms with van der Waals surface area (Å²) in [6, 6.07) is 9.79. The van der Waals surface area contributed by atoms with E-state index in [0.717, 1.165) is 16.6 Å². The van der Waals surface area contributed by atoms with Gasteiger partial charge in [0, 0.05) is 17.8 Å². The van der Waals surface area contributed by atoms with Crippen molar-refractivity contribution in [3.05, 3.63) is 60.0 Å². The molecular weight excluding hydrogens is 240 g/mol. The van der Waals surface area contributed by atoms with Gasteiger partial charge in [-0.2, -0.15) is 0 Å². The first-order chi connectivity index (χ1) is 9.15. The highest BCUT2D eigenvalue weighted by Crippen LogP contribution is 2.21. The van der Waals surface area contributed by atoms with Crippen LogP contribution in [0.15, 0.2) is 48.9 Å². The number of aromatic nitrogens is 2. The fraction of sp³-hybridized carbons (Fsp3) is 0.0667. The van der Waals surface area contributed by atoms with E-state index >= 15 is 0 Å². The van der Waals surface area contributed by atoms with Gasteiger partial charge in [0.25, 0.3) is 0 Å². The van der Waals surface area contributed by atoms with Gasteiger partial charge in [-0.3, -0.25) is 4.98 Å². The van der Waals surface area contributed by atoms with Gasteiger partial charge in [-0.15, -0.1) is 0 Å². The minimum atomic E-state index is -0.971. The number of carbonyl (C=O) groups is 1. The van der Waals surface area contributed by atoms with Crippen LogP contribution in [-0.2, 0) is 0 Å². The number of rotatable bonds is 2. The molecule has 19 heavy (non-hydrogen) atoms. The van der Waals surface area contributed by atoms with Crippen LogP contribution in [0, 0.1) is 6.92 Å². The van der Waals surface area contributed by atoms with E-state index in [2.05, 4.69) is 11.1 Å². The van der Waals surface area contributed by atoms with E-state index in [4.69, 9.17) is 5.11 Å². The number of pyridine rings is 1. The Labute approximate surface area is 109 Å². The highest BCUT2D eigenvalue weighted by Gasteiger charge is 2.07. The predicted molar refractivity (Wildman–Crippen MR) is 72.8 cm³/mol. The third-order valence-corrected chi connectivity index (χ3v) is 3.09. The Hall–Kier alpha value is -2.62. The van der Waals surface area contributed by atoms with E-state index in [0.29, 0.717) is 0 Å². The van der Waals surface area contributed by atoms with Gasteiger partial charge in [-0.25, -0.2) is 4.79 Å². The Bertz CT molecular complexity index is 775. The lowest BCUT2D eigenvalue weighted by atomic mass is 10.2. The second-order valence-electron chi connectivity index (χ2n) is 4.48. The Kier molecular flexibility index (Phi) is 2.56. The summed E-state index contributed by atoms with van der Waals surface area (Å²) in [5.74, 6) is -0.971. The van der Waals surface area contributed by atoms with Gasteiger partial charge in [-0.05, 0) is 31.2 Å². The molecule has 0 spiro atoms. The first-order valence-corrected chi connectivity index (χ1v) is 5.91. The predicted octanol–water partition coefficient (Wildman–Crippen LogP) is 3.03. The zero-order valence-corrected chi connectivity index (χ0v) is 10.4. The average molecular weight is 252 g/mol. The van der Waals surface area contributed by atoms with Crippen LogP contribution in [0.3, 0.4) is 0 Å². The molecule has 0 aliphatic heterocycles. The number of carboxylic acids is 1. The molecule has 0 unspecified atom stereocenters. The fourth-order valence-corrected chi connectivity index (χ4v) is 2.16. The smallest absolute Gasteiger partial charge is 0.337 e. The molecule has 0 saturated carbocycles. The number of hydrogen-bond acceptors (Lipinski definition) is 2. The lowest BCUT2D eigenvalue weighted by molar-refractivity contribution is 0.0696. The molecule has 3 rings (SSSR count). The normalized spacial score (nSPS) is 10.8. The van der Waals surface area contributed by atoms with Crippen LogP contribution in [-0.4, -0.2) is 20.6 Å². The summed E-state index contributed by atoms with van der Waals surface area (Å²) in [4.78, 5) is 15.0. The molecule has 4 nitrogen and oxygen atoms in total. The van der Waals surface area contributed by atoms with Gasteiger partial charge in [0.2, 0.25) is 0 Å². The maximum absolute atomic E-state index is 11.0. The number of carboxylic acid groups (broad SMARTS) is 1. The highest BCUT2D eigenvalue weighted by atomic mass is 16.4. The van der Waals surface area contributed by atoms with Crippen molar-refractivity contribution < 1.29 is 9.90 Å². The number of benzene rings is 1. The van der Waals surface area contributed by atoms with Crippen LogP contribution >= 0.6 is 0 Å². The van der Waals surface area contributed by atoms with Crippen molar-refractivity contribution in [2.75, 3.05) is 0 Å². The van der Waals surface area contributed by atoms with Gasteiger partial charge < -0.3 is 9.67 Å². The molecule has 0 amide bonds. The van der Waals surface area contributed by atoms with E-state index in [1.54, 1.807) is 12.3 Å². The van der Waals surface area contributed by atoms with E-state index in [-0.39, 0.29) is 5.56 Å². The molecule has 3 aromatic rings. The molecule has 0 aliphatic carbocycles. The molecule has 0 saturated heterocycles. The lowest BCUT2D eigenvalue weighted by Gasteiger charge is -2.06. The van der Waals surface area contributed by atoms with E-state index < -0.39 is 5.97 Å². The molecule has 1 N–H and O–H groups in total. The summed E-state index contributed by atoms with van der Waals surface area (Å²) in [6.07, 6.45) is 4.93. The van der Waals surface area contributed by atoms with E-state index in [9.17, 15) is 4.79 Å². The van der Waals surface area contributed by atoms with Gasteiger partial charge in [0.05, 0.1) is 23.0 Å². The second-order valence-corrected chi connectivity index (χ2v) is 4.48. The second kappa shape index (κ2) is 4.24. The molecule has 2 aromatic heterocycles. The van der Waals surface area contributed by atoms with Crippen LogP contribution in [0.4, 0.5) is 0 Å². The highest BCUT2D eigenvalue weighted by molar-refractivity contribution is 5.88. The molecule has 94 valence electrons. The summed E-state index contributed by atoms with van der Waals surface area (Å²) in [7, 11) is 0. The summed E-state index contributed by atoms with van der Waals surface area (Å²) >= 11 is 0. The lowest BCUT2D eigenvalue weighted by Crippen LogP contribution is -2.00. The van der Waals surface area contributed by atoms with Crippen molar-refractivity contribution in [2.45, 2.75) is 6.92 Å². The van der Waals surface area contributed by atoms with Gasteiger partial charge >= 0.3 is 5.97 Å². The van der Waals surface area contributed by atoms with E-state index in [1.807, 2.05) is 35.9 Å². The molecule has 0 fully saturated rings. The first kappa shape index (κ1) is 11.5. The quantitative estimate of drug-likeness (QED) is 0.762. The molecular formula is C15H12N2O2. The molecule has 0 bridgehead atoms. The summed E-state index contributed by atoms with van der Waals surface area (Å²) in [6.45, 7) is 2.05. The monoisotopic (exact) mass is 252 g/mol. The Morgan fingerprint density at radius 3 is 2.84 bits per heavy atom. The van der Waals surface area contributed by atoms with Crippen molar-refractivity contribution >= 4 is 16.9 Å². The topological polar surface area (TPSA) is 55.1 Å². The van der Waals surface area contributed by atoms with Crippen molar-refractivity contribution in [1.82, 2.24) is 9.55 Å². The Morgan fingerprint density at radius 1 is 1.21 bits per heavy atom. The Balaban J connectivity index is 2.19. The van der Waals surface area contributed by atoms with Crippen LogP contribution in [0.5, 0.6) is 0 Å². The Morgan fingerprint density at radius 2 is 2.05 bits per heavy atom. The maximum atomic E-state index is 11.0. The largest absolute Gasteiger partial charge is 0.478 e. The van der Waals surface area contributed by atoms with Crippen LogP contribution in [0.2, 0.25) is 0 Å². The van der Waals surface area contributed by atoms with Gasteiger partial charge in [-0.1, -0.05) is 11.6 Å². The standard InChI is InChI=1S/C15H12N2O2/c1-10-2-3-14-11(6-10)4-5-17(14)13-7-12(15(18)19)8-16-9-13/h2-9H,1H3,(H,18,19). The first-order valence-electron chi connectivity index (χ1n) is 5.91. The minimum absolute atomic E-state index is 0.187. The van der Waals surface area contributed by atoms with Gasteiger partial charge in [0.1, 0.15) is 0 Å². The number of aromatic carboxylic acids is 1. The van der Waals surface area contributed by atoms with Crippen molar-refractivity contribution in [1.29, 1.82) is 0 Å². The van der Waals surface area contributed by atoms with Crippen molar-refractivity contribution in [3.8, 4) is 5.69 Å². The molecule has 0 atom stereocenters. The molecule has 0 aliphatic rings. The molecule has 1 aromatic carbocycles. The van der Waals surface area contributed by atoms with E-state index in [1.165, 1.54) is 11.8 Å². The van der Waals surface area contributed by atoms with Crippen LogP contribution < -0.4 is 0 Å². The summed E-state index contributed by atoms with van der Waals surface area (Å²) in [5, 5.41) is 10.1. The number of nitrogens with zero attached hydrogens (tertiary/aromatic N) is 2. The average Bonchev–Trinajstić information content (AvgIpc) is 2.81. The van der Waals surface area contributed by atoms with Crippen molar-refractivity contribution in [3.63, 3.8) is 0 Å². The third-order valence-electron chi connectivity index (χ3n) is 3.09. The molecule has 2 heterocycles. The molecule has 4 heteroatoms. The SMILES string of the molecule is Cc1ccc2c(ccn2-c2cncc(C(=O)O)c2)c1.